The summed E-state index contributed by atoms with van der Waals surface area (Å²) in [5, 5.41) is 4.83. The average Bonchev–Trinajstić information content (AvgIpc) is 2.55. The van der Waals surface area contributed by atoms with Crippen LogP contribution in [0.25, 0.3) is 10.8 Å². The lowest BCUT2D eigenvalue weighted by Crippen LogP contribution is -2.13. The molecule has 0 spiro atoms. The van der Waals surface area contributed by atoms with Crippen molar-refractivity contribution in [3.05, 3.63) is 71.8 Å². The maximum atomic E-state index is 12.7. The number of hydrogen-bond donors (Lipinski definition) is 1. The van der Waals surface area contributed by atoms with Gasteiger partial charge in [0.1, 0.15) is 5.75 Å². The van der Waals surface area contributed by atoms with Crippen LogP contribution in [0.15, 0.2) is 60.7 Å². The number of benzene rings is 3. The maximum Gasteiger partial charge on any atom is 0.260 e. The molecule has 0 heterocycles. The van der Waals surface area contributed by atoms with Crippen molar-refractivity contribution in [3.8, 4) is 5.75 Å². The number of hydrogen-bond acceptors (Lipinski definition) is 2. The van der Waals surface area contributed by atoms with E-state index in [0.717, 1.165) is 22.0 Å². The van der Waals surface area contributed by atoms with E-state index in [2.05, 4.69) is 5.32 Å². The molecule has 0 aliphatic rings. The molecule has 0 unspecified atom stereocenters. The number of amides is 1. The summed E-state index contributed by atoms with van der Waals surface area (Å²) < 4.78 is 5.37. The molecule has 0 radical (unpaired) electrons. The van der Waals surface area contributed by atoms with Gasteiger partial charge in [0.05, 0.1) is 12.7 Å². The minimum absolute atomic E-state index is 0.169. The van der Waals surface area contributed by atoms with E-state index in [4.69, 9.17) is 4.74 Å². The molecule has 0 atom stereocenters. The Morgan fingerprint density at radius 3 is 2.41 bits per heavy atom. The number of carbonyl (C=O) groups excluding carboxylic acids is 1. The largest absolute Gasteiger partial charge is 0.496 e. The molecule has 1 N–H and O–H groups in total. The number of ether oxygens (including phenoxy) is 1. The van der Waals surface area contributed by atoms with Crippen molar-refractivity contribution in [1.29, 1.82) is 0 Å². The first-order valence-electron chi connectivity index (χ1n) is 7.13. The predicted molar refractivity (Wildman–Crippen MR) is 89.6 cm³/mol. The zero-order valence-electron chi connectivity index (χ0n) is 12.6. The Kier molecular flexibility index (Phi) is 3.79. The summed E-state index contributed by atoms with van der Waals surface area (Å²) in [5.41, 5.74) is 2.48. The Bertz CT molecular complexity index is 822. The summed E-state index contributed by atoms with van der Waals surface area (Å²) in [7, 11) is 1.58. The minimum Gasteiger partial charge on any atom is -0.496 e. The Labute approximate surface area is 129 Å². The van der Waals surface area contributed by atoms with Gasteiger partial charge in [0.15, 0.2) is 0 Å². The minimum atomic E-state index is -0.169. The van der Waals surface area contributed by atoms with Gasteiger partial charge >= 0.3 is 0 Å². The van der Waals surface area contributed by atoms with Crippen molar-refractivity contribution < 1.29 is 9.53 Å². The zero-order valence-corrected chi connectivity index (χ0v) is 12.6. The Hall–Kier alpha value is -2.81. The zero-order chi connectivity index (χ0) is 15.5. The summed E-state index contributed by atoms with van der Waals surface area (Å²) in [6, 6.07) is 19.3. The second-order valence-electron chi connectivity index (χ2n) is 5.18. The van der Waals surface area contributed by atoms with Crippen LogP contribution in [0.4, 0.5) is 5.69 Å². The molecular weight excluding hydrogens is 274 g/mol. The molecule has 0 aliphatic heterocycles. The lowest BCUT2D eigenvalue weighted by molar-refractivity contribution is 0.102. The predicted octanol–water partition coefficient (Wildman–Crippen LogP) is 4.41. The molecule has 3 aromatic rings. The van der Waals surface area contributed by atoms with Gasteiger partial charge in [-0.1, -0.05) is 48.0 Å². The van der Waals surface area contributed by atoms with E-state index in [1.54, 1.807) is 7.11 Å². The topological polar surface area (TPSA) is 38.3 Å². The standard InChI is InChI=1S/C19H17NO2/c1-13-7-10-15(11-8-13)20-19(21)18-16-6-4-3-5-14(16)9-12-17(18)22-2/h3-12H,1-2H3,(H,20,21). The molecule has 3 rings (SSSR count). The Balaban J connectivity index is 2.04. The molecule has 0 fully saturated rings. The van der Waals surface area contributed by atoms with E-state index in [-0.39, 0.29) is 5.91 Å². The number of anilines is 1. The molecule has 0 saturated heterocycles. The van der Waals surface area contributed by atoms with Gasteiger partial charge in [0.2, 0.25) is 0 Å². The smallest absolute Gasteiger partial charge is 0.260 e. The highest BCUT2D eigenvalue weighted by molar-refractivity contribution is 6.15. The molecule has 1 amide bonds. The molecule has 3 aromatic carbocycles. The Morgan fingerprint density at radius 2 is 1.68 bits per heavy atom. The fraction of sp³-hybridized carbons (Fsp3) is 0.105. The summed E-state index contributed by atoms with van der Waals surface area (Å²) in [6.07, 6.45) is 0. The maximum absolute atomic E-state index is 12.7. The lowest BCUT2D eigenvalue weighted by atomic mass is 10.0. The second kappa shape index (κ2) is 5.90. The molecule has 22 heavy (non-hydrogen) atoms. The van der Waals surface area contributed by atoms with Gasteiger partial charge < -0.3 is 10.1 Å². The van der Waals surface area contributed by atoms with Gasteiger partial charge in [-0.15, -0.1) is 0 Å². The van der Waals surface area contributed by atoms with Crippen LogP contribution in [0, 0.1) is 6.92 Å². The van der Waals surface area contributed by atoms with E-state index in [0.29, 0.717) is 11.3 Å². The van der Waals surface area contributed by atoms with E-state index >= 15 is 0 Å². The van der Waals surface area contributed by atoms with E-state index < -0.39 is 0 Å². The molecule has 0 bridgehead atoms. The van der Waals surface area contributed by atoms with Crippen LogP contribution >= 0.6 is 0 Å². The number of methoxy groups -OCH3 is 1. The van der Waals surface area contributed by atoms with Crippen LogP contribution in [-0.4, -0.2) is 13.0 Å². The first-order valence-corrected chi connectivity index (χ1v) is 7.13. The van der Waals surface area contributed by atoms with Crippen molar-refractivity contribution in [2.24, 2.45) is 0 Å². The normalized spacial score (nSPS) is 10.5. The molecule has 0 aliphatic carbocycles. The quantitative estimate of drug-likeness (QED) is 0.776. The monoisotopic (exact) mass is 291 g/mol. The summed E-state index contributed by atoms with van der Waals surface area (Å²) >= 11 is 0. The number of aryl methyl sites for hydroxylation is 1. The molecule has 0 saturated carbocycles. The summed E-state index contributed by atoms with van der Waals surface area (Å²) in [4.78, 5) is 12.7. The molecular formula is C19H17NO2. The van der Waals surface area contributed by atoms with E-state index in [1.807, 2.05) is 67.6 Å². The number of fused-ring (bicyclic) bond motifs is 1. The van der Waals surface area contributed by atoms with Crippen LogP contribution in [0.3, 0.4) is 0 Å². The first kappa shape index (κ1) is 14.1. The first-order chi connectivity index (χ1) is 10.7. The van der Waals surface area contributed by atoms with Crippen molar-refractivity contribution in [3.63, 3.8) is 0 Å². The molecule has 0 aromatic heterocycles. The fourth-order valence-corrected chi connectivity index (χ4v) is 2.49. The van der Waals surface area contributed by atoms with Crippen molar-refractivity contribution in [2.45, 2.75) is 6.92 Å². The highest BCUT2D eigenvalue weighted by Crippen LogP contribution is 2.28. The number of rotatable bonds is 3. The third kappa shape index (κ3) is 2.66. The van der Waals surface area contributed by atoms with E-state index in [9.17, 15) is 4.79 Å². The SMILES string of the molecule is COc1ccc2ccccc2c1C(=O)Nc1ccc(C)cc1. The van der Waals surface area contributed by atoms with Gasteiger partial charge in [-0.2, -0.15) is 0 Å². The highest BCUT2D eigenvalue weighted by atomic mass is 16.5. The summed E-state index contributed by atoms with van der Waals surface area (Å²) in [5.74, 6) is 0.404. The molecule has 3 heteroatoms. The third-order valence-corrected chi connectivity index (χ3v) is 3.65. The second-order valence-corrected chi connectivity index (χ2v) is 5.18. The number of carbonyl (C=O) groups is 1. The van der Waals surface area contributed by atoms with Crippen LogP contribution in [0.5, 0.6) is 5.75 Å². The van der Waals surface area contributed by atoms with Gasteiger partial charge in [-0.25, -0.2) is 0 Å². The van der Waals surface area contributed by atoms with Gasteiger partial charge in [0, 0.05) is 5.69 Å². The van der Waals surface area contributed by atoms with Crippen LogP contribution < -0.4 is 10.1 Å². The van der Waals surface area contributed by atoms with Crippen LogP contribution in [-0.2, 0) is 0 Å². The van der Waals surface area contributed by atoms with Crippen molar-refractivity contribution >= 4 is 22.4 Å². The van der Waals surface area contributed by atoms with E-state index in [1.165, 1.54) is 0 Å². The van der Waals surface area contributed by atoms with Gasteiger partial charge in [0.25, 0.3) is 5.91 Å². The van der Waals surface area contributed by atoms with Crippen molar-refractivity contribution in [2.75, 3.05) is 12.4 Å². The van der Waals surface area contributed by atoms with Crippen LogP contribution in [0.1, 0.15) is 15.9 Å². The fourth-order valence-electron chi connectivity index (χ4n) is 2.49. The third-order valence-electron chi connectivity index (χ3n) is 3.65. The molecule has 110 valence electrons. The van der Waals surface area contributed by atoms with Gasteiger partial charge in [-0.3, -0.25) is 4.79 Å². The van der Waals surface area contributed by atoms with Crippen LogP contribution in [0.2, 0.25) is 0 Å². The Morgan fingerprint density at radius 1 is 0.955 bits per heavy atom. The van der Waals surface area contributed by atoms with Gasteiger partial charge in [-0.05, 0) is 35.9 Å². The van der Waals surface area contributed by atoms with Crippen molar-refractivity contribution in [1.82, 2.24) is 0 Å². The number of nitrogens with one attached hydrogen (secondary N) is 1. The lowest BCUT2D eigenvalue weighted by Gasteiger charge is -2.12. The highest BCUT2D eigenvalue weighted by Gasteiger charge is 2.16. The molecule has 3 nitrogen and oxygen atoms in total. The average molecular weight is 291 g/mol. The summed E-state index contributed by atoms with van der Waals surface area (Å²) in [6.45, 7) is 2.01.